The van der Waals surface area contributed by atoms with E-state index in [-0.39, 0.29) is 12.5 Å². The second kappa shape index (κ2) is 9.93. The fourth-order valence-electron chi connectivity index (χ4n) is 3.47. The van der Waals surface area contributed by atoms with E-state index in [1.54, 1.807) is 0 Å². The van der Waals surface area contributed by atoms with Gasteiger partial charge < -0.3 is 19.3 Å². The molecule has 3 aromatic rings. The van der Waals surface area contributed by atoms with Crippen molar-refractivity contribution in [3.63, 3.8) is 0 Å². The van der Waals surface area contributed by atoms with Crippen molar-refractivity contribution < 1.29 is 14.3 Å². The number of piperazine rings is 1. The maximum Gasteiger partial charge on any atom is 0.260 e. The Morgan fingerprint density at radius 1 is 0.839 bits per heavy atom. The molecule has 1 aliphatic rings. The van der Waals surface area contributed by atoms with E-state index in [0.29, 0.717) is 38.5 Å². The van der Waals surface area contributed by atoms with Crippen molar-refractivity contribution in [2.45, 2.75) is 6.92 Å². The zero-order chi connectivity index (χ0) is 21.5. The Morgan fingerprint density at radius 2 is 1.55 bits per heavy atom. The first-order valence-electron chi connectivity index (χ1n) is 10.5. The van der Waals surface area contributed by atoms with E-state index in [0.717, 1.165) is 22.8 Å². The predicted molar refractivity (Wildman–Crippen MR) is 119 cm³/mol. The lowest BCUT2D eigenvalue weighted by Crippen LogP contribution is -2.50. The number of para-hydroxylation sites is 1. The van der Waals surface area contributed by atoms with Gasteiger partial charge in [-0.25, -0.2) is 0 Å². The van der Waals surface area contributed by atoms with E-state index >= 15 is 0 Å². The van der Waals surface area contributed by atoms with Crippen molar-refractivity contribution in [1.82, 2.24) is 15.1 Å². The summed E-state index contributed by atoms with van der Waals surface area (Å²) in [5.41, 5.74) is 1.81. The normalized spacial score (nSPS) is 13.7. The molecule has 0 N–H and O–H groups in total. The van der Waals surface area contributed by atoms with Gasteiger partial charge in [-0.1, -0.05) is 18.2 Å². The maximum atomic E-state index is 12.4. The average molecular weight is 418 g/mol. The quantitative estimate of drug-likeness (QED) is 0.587. The van der Waals surface area contributed by atoms with Crippen LogP contribution in [0.3, 0.4) is 0 Å². The highest BCUT2D eigenvalue weighted by molar-refractivity contribution is 5.78. The highest BCUT2D eigenvalue weighted by Crippen LogP contribution is 2.22. The number of hydrogen-bond donors (Lipinski definition) is 0. The number of ether oxygens (including phenoxy) is 2. The lowest BCUT2D eigenvalue weighted by molar-refractivity contribution is -0.133. The number of aromatic nitrogens is 2. The Hall–Kier alpha value is -3.61. The van der Waals surface area contributed by atoms with Crippen LogP contribution in [-0.2, 0) is 4.79 Å². The molecule has 2 heterocycles. The number of hydrogen-bond acceptors (Lipinski definition) is 6. The summed E-state index contributed by atoms with van der Waals surface area (Å²) in [6.07, 6.45) is 0. The SMILES string of the molecule is CCOc1ccc(-c2ccc(N3CCN(C(=O)COc4ccccc4)CC3)nn2)cc1. The van der Waals surface area contributed by atoms with E-state index in [1.165, 1.54) is 0 Å². The van der Waals surface area contributed by atoms with Gasteiger partial charge in [-0.2, -0.15) is 0 Å². The molecule has 31 heavy (non-hydrogen) atoms. The summed E-state index contributed by atoms with van der Waals surface area (Å²) in [6, 6.07) is 21.2. The Balaban J connectivity index is 1.29. The van der Waals surface area contributed by atoms with Crippen LogP contribution in [0.15, 0.2) is 66.7 Å². The number of carbonyl (C=O) groups excluding carboxylic acids is 1. The largest absolute Gasteiger partial charge is 0.494 e. The summed E-state index contributed by atoms with van der Waals surface area (Å²) in [6.45, 7) is 5.38. The summed E-state index contributed by atoms with van der Waals surface area (Å²) in [5.74, 6) is 2.37. The summed E-state index contributed by atoms with van der Waals surface area (Å²) in [7, 11) is 0. The monoisotopic (exact) mass is 418 g/mol. The van der Waals surface area contributed by atoms with Gasteiger partial charge in [0.25, 0.3) is 5.91 Å². The molecule has 1 amide bonds. The van der Waals surface area contributed by atoms with Gasteiger partial charge in [0, 0.05) is 31.7 Å². The van der Waals surface area contributed by atoms with Crippen LogP contribution >= 0.6 is 0 Å². The van der Waals surface area contributed by atoms with Crippen LogP contribution in [0.2, 0.25) is 0 Å². The van der Waals surface area contributed by atoms with E-state index in [4.69, 9.17) is 9.47 Å². The van der Waals surface area contributed by atoms with Gasteiger partial charge in [-0.15, -0.1) is 10.2 Å². The molecule has 0 radical (unpaired) electrons. The summed E-state index contributed by atoms with van der Waals surface area (Å²) < 4.78 is 11.1. The van der Waals surface area contributed by atoms with Crippen LogP contribution in [0.5, 0.6) is 11.5 Å². The smallest absolute Gasteiger partial charge is 0.260 e. The Labute approximate surface area is 182 Å². The molecule has 0 aliphatic carbocycles. The second-order valence-electron chi connectivity index (χ2n) is 7.20. The average Bonchev–Trinajstić information content (AvgIpc) is 2.84. The van der Waals surface area contributed by atoms with E-state index in [9.17, 15) is 4.79 Å². The van der Waals surface area contributed by atoms with Crippen LogP contribution in [0, 0.1) is 0 Å². The van der Waals surface area contributed by atoms with Gasteiger partial charge in [0.15, 0.2) is 12.4 Å². The summed E-state index contributed by atoms with van der Waals surface area (Å²) in [4.78, 5) is 16.4. The van der Waals surface area contributed by atoms with Gasteiger partial charge in [-0.3, -0.25) is 4.79 Å². The lowest BCUT2D eigenvalue weighted by atomic mass is 10.1. The molecule has 160 valence electrons. The van der Waals surface area contributed by atoms with E-state index in [2.05, 4.69) is 15.1 Å². The first-order chi connectivity index (χ1) is 15.2. The number of benzene rings is 2. The molecule has 1 aliphatic heterocycles. The Bertz CT molecular complexity index is 970. The van der Waals surface area contributed by atoms with Gasteiger partial charge in [0.05, 0.1) is 12.3 Å². The minimum Gasteiger partial charge on any atom is -0.494 e. The minimum atomic E-state index is 0.000402. The van der Waals surface area contributed by atoms with Crippen molar-refractivity contribution in [3.05, 3.63) is 66.7 Å². The first kappa shape index (κ1) is 20.7. The molecular formula is C24H26N4O3. The van der Waals surface area contributed by atoms with Crippen molar-refractivity contribution in [1.29, 1.82) is 0 Å². The minimum absolute atomic E-state index is 0.000402. The zero-order valence-corrected chi connectivity index (χ0v) is 17.6. The van der Waals surface area contributed by atoms with Crippen molar-refractivity contribution in [2.75, 3.05) is 44.3 Å². The van der Waals surface area contributed by atoms with Crippen molar-refractivity contribution in [2.24, 2.45) is 0 Å². The molecule has 1 aromatic heterocycles. The third-order valence-corrected chi connectivity index (χ3v) is 5.17. The molecule has 0 atom stereocenters. The topological polar surface area (TPSA) is 67.8 Å². The first-order valence-corrected chi connectivity index (χ1v) is 10.5. The maximum absolute atomic E-state index is 12.4. The second-order valence-corrected chi connectivity index (χ2v) is 7.20. The third kappa shape index (κ3) is 5.31. The summed E-state index contributed by atoms with van der Waals surface area (Å²) >= 11 is 0. The molecule has 4 rings (SSSR count). The molecule has 0 bridgehead atoms. The third-order valence-electron chi connectivity index (χ3n) is 5.17. The van der Waals surface area contributed by atoms with Gasteiger partial charge >= 0.3 is 0 Å². The van der Waals surface area contributed by atoms with E-state index in [1.807, 2.05) is 78.6 Å². The molecule has 0 spiro atoms. The molecule has 7 nitrogen and oxygen atoms in total. The Kier molecular flexibility index (Phi) is 6.62. The van der Waals surface area contributed by atoms with Crippen molar-refractivity contribution >= 4 is 11.7 Å². The fourth-order valence-corrected chi connectivity index (χ4v) is 3.47. The summed E-state index contributed by atoms with van der Waals surface area (Å²) in [5, 5.41) is 8.78. The molecular weight excluding hydrogens is 392 g/mol. The highest BCUT2D eigenvalue weighted by Gasteiger charge is 2.22. The van der Waals surface area contributed by atoms with Crippen LogP contribution < -0.4 is 14.4 Å². The lowest BCUT2D eigenvalue weighted by Gasteiger charge is -2.35. The molecule has 7 heteroatoms. The van der Waals surface area contributed by atoms with Crippen LogP contribution in [0.4, 0.5) is 5.82 Å². The molecule has 1 fully saturated rings. The van der Waals surface area contributed by atoms with Crippen LogP contribution in [0.25, 0.3) is 11.3 Å². The number of carbonyl (C=O) groups is 1. The number of rotatable bonds is 7. The molecule has 0 unspecified atom stereocenters. The predicted octanol–water partition coefficient (Wildman–Crippen LogP) is 3.27. The van der Waals surface area contributed by atoms with Crippen LogP contribution in [0.1, 0.15) is 6.92 Å². The van der Waals surface area contributed by atoms with Gasteiger partial charge in [0.1, 0.15) is 11.5 Å². The van der Waals surface area contributed by atoms with Crippen molar-refractivity contribution in [3.8, 4) is 22.8 Å². The Morgan fingerprint density at radius 3 is 2.19 bits per heavy atom. The van der Waals surface area contributed by atoms with E-state index < -0.39 is 0 Å². The fraction of sp³-hybridized carbons (Fsp3) is 0.292. The van der Waals surface area contributed by atoms with Gasteiger partial charge in [-0.05, 0) is 55.5 Å². The highest BCUT2D eigenvalue weighted by atomic mass is 16.5. The molecule has 0 saturated carbocycles. The standard InChI is InChI=1S/C24H26N4O3/c1-2-30-21-10-8-19(9-11-21)22-12-13-23(26-25-22)27-14-16-28(17-15-27)24(29)18-31-20-6-4-3-5-7-20/h3-13H,2,14-18H2,1H3. The van der Waals surface area contributed by atoms with Gasteiger partial charge in [0.2, 0.25) is 0 Å². The van der Waals surface area contributed by atoms with Crippen LogP contribution in [-0.4, -0.2) is 60.4 Å². The number of nitrogens with zero attached hydrogens (tertiary/aromatic N) is 4. The zero-order valence-electron chi connectivity index (χ0n) is 17.6. The number of amides is 1. The molecule has 1 saturated heterocycles. The number of anilines is 1. The molecule has 2 aromatic carbocycles.